The van der Waals surface area contributed by atoms with E-state index in [2.05, 4.69) is 4.98 Å². The molecule has 1 N–H and O–H groups in total. The summed E-state index contributed by atoms with van der Waals surface area (Å²) < 4.78 is 3.87. The summed E-state index contributed by atoms with van der Waals surface area (Å²) in [6.07, 6.45) is 3.06. The van der Waals surface area contributed by atoms with Crippen molar-refractivity contribution in [3.63, 3.8) is 0 Å². The molecule has 1 aromatic heterocycles. The molecule has 7 nitrogen and oxygen atoms in total. The lowest BCUT2D eigenvalue weighted by Gasteiger charge is -2.34. The van der Waals surface area contributed by atoms with Crippen LogP contribution in [0.25, 0.3) is 0 Å². The number of aromatic nitrogens is 1. The van der Waals surface area contributed by atoms with Gasteiger partial charge in [-0.2, -0.15) is 0 Å². The van der Waals surface area contributed by atoms with Gasteiger partial charge in [0.1, 0.15) is 0 Å². The van der Waals surface area contributed by atoms with Gasteiger partial charge in [0.2, 0.25) is 11.6 Å². The largest absolute Gasteiger partial charge is 0.344 e. The van der Waals surface area contributed by atoms with Crippen LogP contribution in [-0.4, -0.2) is 40.4 Å². The zero-order chi connectivity index (χ0) is 21.4. The number of benzene rings is 2. The van der Waals surface area contributed by atoms with E-state index in [1.54, 1.807) is 18.3 Å². The molecule has 0 bridgehead atoms. The molecule has 3 heterocycles. The van der Waals surface area contributed by atoms with E-state index in [1.807, 2.05) is 70.0 Å². The molecular formula is C23H22N4O3P+. The van der Waals surface area contributed by atoms with Gasteiger partial charge in [0.25, 0.3) is 5.91 Å². The van der Waals surface area contributed by atoms with Crippen molar-refractivity contribution in [2.75, 3.05) is 27.3 Å². The number of anilines is 3. The van der Waals surface area contributed by atoms with E-state index in [-0.39, 0.29) is 18.2 Å². The van der Waals surface area contributed by atoms with Crippen molar-refractivity contribution >= 4 is 36.7 Å². The third-order valence-electron chi connectivity index (χ3n) is 5.79. The first kappa shape index (κ1) is 19.7. The van der Waals surface area contributed by atoms with Crippen LogP contribution in [0.2, 0.25) is 0 Å². The molecule has 0 radical (unpaired) electrons. The van der Waals surface area contributed by atoms with Crippen molar-refractivity contribution in [3.05, 3.63) is 85.2 Å². The molecule has 3 aromatic rings. The van der Waals surface area contributed by atoms with Crippen LogP contribution < -0.4 is 14.2 Å². The van der Waals surface area contributed by atoms with Crippen LogP contribution in [0.15, 0.2) is 85.2 Å². The quantitative estimate of drug-likeness (QED) is 0.501. The maximum atomic E-state index is 13.6. The topological polar surface area (TPSA) is 77.0 Å². The molecule has 1 unspecified atom stereocenters. The Hall–Kier alpha value is -3.28. The van der Waals surface area contributed by atoms with E-state index in [1.165, 1.54) is 11.1 Å². The van der Waals surface area contributed by atoms with Gasteiger partial charge in [-0.3, -0.25) is 14.6 Å². The molecule has 31 heavy (non-hydrogen) atoms. The normalized spacial score (nSPS) is 20.5. The number of hydrogen-bond acceptors (Lipinski definition) is 6. The van der Waals surface area contributed by atoms with Gasteiger partial charge in [-0.15, -0.1) is 0 Å². The molecule has 0 spiro atoms. The summed E-state index contributed by atoms with van der Waals surface area (Å²) in [5, 5.41) is 0. The Kier molecular flexibility index (Phi) is 4.93. The van der Waals surface area contributed by atoms with Crippen LogP contribution in [0, 0.1) is 0 Å². The number of amides is 2. The molecule has 0 aliphatic carbocycles. The Morgan fingerprint density at radius 3 is 1.87 bits per heavy atom. The molecule has 0 saturated carbocycles. The molecule has 2 aliphatic rings. The monoisotopic (exact) mass is 433 g/mol. The number of carbonyl (C=O) groups is 2. The molecule has 8 heteroatoms. The third kappa shape index (κ3) is 3.17. The van der Waals surface area contributed by atoms with Gasteiger partial charge in [-0.05, 0) is 36.4 Å². The smallest absolute Gasteiger partial charge is 0.274 e. The maximum Gasteiger partial charge on any atom is 0.344 e. The fourth-order valence-corrected chi connectivity index (χ4v) is 7.85. The summed E-state index contributed by atoms with van der Waals surface area (Å²) in [6, 6.07) is 22.6. The highest BCUT2D eigenvalue weighted by molar-refractivity contribution is 7.75. The number of rotatable bonds is 4. The first-order chi connectivity index (χ1) is 15.1. The fraction of sp³-hybridized carbons (Fsp3) is 0.174. The summed E-state index contributed by atoms with van der Waals surface area (Å²) in [5.41, 5.74) is 1.28. The van der Waals surface area contributed by atoms with E-state index in [4.69, 9.17) is 0 Å². The van der Waals surface area contributed by atoms with E-state index in [0.29, 0.717) is 18.8 Å². The predicted octanol–water partition coefficient (Wildman–Crippen LogP) is 3.50. The minimum Gasteiger partial charge on any atom is -0.274 e. The van der Waals surface area contributed by atoms with E-state index in [9.17, 15) is 14.5 Å². The summed E-state index contributed by atoms with van der Waals surface area (Å²) >= 11 is 0. The second-order valence-electron chi connectivity index (χ2n) is 7.53. The lowest BCUT2D eigenvalue weighted by molar-refractivity contribution is -0.121. The zero-order valence-corrected chi connectivity index (χ0v) is 17.7. The maximum absolute atomic E-state index is 13.6. The number of para-hydroxylation sites is 2. The summed E-state index contributed by atoms with van der Waals surface area (Å²) in [7, 11) is -3.25. The van der Waals surface area contributed by atoms with Crippen LogP contribution >= 0.6 is 7.79 Å². The molecular weight excluding hydrogens is 411 g/mol. The van der Waals surface area contributed by atoms with Crippen LogP contribution in [0.4, 0.5) is 17.1 Å². The van der Waals surface area contributed by atoms with Crippen molar-refractivity contribution in [2.45, 2.75) is 12.1 Å². The number of imide groups is 1. The standard InChI is InChI=1S/C23H22N4O3P/c28-22-16-21(23(29)27(22)20-12-7-13-24-17-20)31(30)25(18-8-3-1-4-9-18)14-15-26(31)19-10-5-2-6-11-19/h1-13,17,21,30H,14-16H2/q+1. The number of hydrogen-bond donors (Lipinski definition) is 1. The van der Waals surface area contributed by atoms with Gasteiger partial charge in [0, 0.05) is 6.20 Å². The van der Waals surface area contributed by atoms with Gasteiger partial charge >= 0.3 is 7.79 Å². The molecule has 2 saturated heterocycles. The molecule has 2 aliphatic heterocycles. The molecule has 5 rings (SSSR count). The minimum atomic E-state index is -3.25. The Balaban J connectivity index is 1.59. The van der Waals surface area contributed by atoms with Gasteiger partial charge in [0.05, 0.1) is 42.8 Å². The Bertz CT molecular complexity index is 1050. The Morgan fingerprint density at radius 1 is 0.806 bits per heavy atom. The zero-order valence-electron chi connectivity index (χ0n) is 16.8. The van der Waals surface area contributed by atoms with Crippen molar-refractivity contribution in [3.8, 4) is 0 Å². The van der Waals surface area contributed by atoms with Crippen molar-refractivity contribution in [1.82, 2.24) is 4.98 Å². The second-order valence-corrected chi connectivity index (χ2v) is 10.3. The fourth-order valence-electron chi connectivity index (χ4n) is 4.39. The third-order valence-corrected chi connectivity index (χ3v) is 9.31. The molecule has 2 aromatic carbocycles. The molecule has 156 valence electrons. The Labute approximate surface area is 181 Å². The van der Waals surface area contributed by atoms with Crippen LogP contribution in [0.3, 0.4) is 0 Å². The lowest BCUT2D eigenvalue weighted by atomic mass is 10.3. The van der Waals surface area contributed by atoms with Gasteiger partial charge < -0.3 is 0 Å². The molecule has 1 atom stereocenters. The van der Waals surface area contributed by atoms with Gasteiger partial charge in [-0.25, -0.2) is 19.1 Å². The second kappa shape index (κ2) is 7.76. The van der Waals surface area contributed by atoms with Crippen LogP contribution in [0.1, 0.15) is 6.42 Å². The average molecular weight is 433 g/mol. The summed E-state index contributed by atoms with van der Waals surface area (Å²) in [6.45, 7) is 1.13. The number of nitrogens with zero attached hydrogens (tertiary/aromatic N) is 4. The van der Waals surface area contributed by atoms with Crippen molar-refractivity contribution in [2.24, 2.45) is 0 Å². The Morgan fingerprint density at radius 2 is 1.35 bits per heavy atom. The highest BCUT2D eigenvalue weighted by atomic mass is 31.2. The first-order valence-corrected chi connectivity index (χ1v) is 11.9. The van der Waals surface area contributed by atoms with E-state index < -0.39 is 13.4 Å². The van der Waals surface area contributed by atoms with Crippen LogP contribution in [-0.2, 0) is 9.59 Å². The summed E-state index contributed by atoms with van der Waals surface area (Å²) in [5.74, 6) is -0.693. The van der Waals surface area contributed by atoms with Crippen LogP contribution in [0.5, 0.6) is 0 Å². The number of carbonyl (C=O) groups excluding carboxylic acids is 2. The van der Waals surface area contributed by atoms with Crippen molar-refractivity contribution < 1.29 is 14.5 Å². The predicted molar refractivity (Wildman–Crippen MR) is 122 cm³/mol. The van der Waals surface area contributed by atoms with Gasteiger partial charge in [-0.1, -0.05) is 36.4 Å². The summed E-state index contributed by atoms with van der Waals surface area (Å²) in [4.78, 5) is 44.0. The van der Waals surface area contributed by atoms with Crippen molar-refractivity contribution in [1.29, 1.82) is 0 Å². The molecule has 2 amide bonds. The number of pyridine rings is 1. The molecule has 2 fully saturated rings. The van der Waals surface area contributed by atoms with E-state index in [0.717, 1.165) is 11.4 Å². The average Bonchev–Trinajstić information content (AvgIpc) is 3.32. The SMILES string of the molecule is O=C1CC([P+]2(O)N(c3ccccc3)CCN2c2ccccc2)C(=O)N1c1cccnc1. The van der Waals surface area contributed by atoms with Gasteiger partial charge in [0.15, 0.2) is 0 Å². The highest BCUT2D eigenvalue weighted by Gasteiger charge is 2.68. The lowest BCUT2D eigenvalue weighted by Crippen LogP contribution is -2.39. The minimum absolute atomic E-state index is 0.0370. The van der Waals surface area contributed by atoms with E-state index >= 15 is 0 Å². The highest BCUT2D eigenvalue weighted by Crippen LogP contribution is 2.71. The first-order valence-electron chi connectivity index (χ1n) is 10.1.